The fourth-order valence-electron chi connectivity index (χ4n) is 3.21. The van der Waals surface area contributed by atoms with Crippen LogP contribution in [-0.2, 0) is 11.2 Å². The number of piperazine rings is 1. The number of hydrogen-bond donors (Lipinski definition) is 1. The van der Waals surface area contributed by atoms with Crippen LogP contribution < -0.4 is 10.1 Å². The van der Waals surface area contributed by atoms with Gasteiger partial charge in [-0.15, -0.1) is 0 Å². The first-order valence-corrected chi connectivity index (χ1v) is 10.6. The molecule has 1 aliphatic heterocycles. The van der Waals surface area contributed by atoms with Gasteiger partial charge < -0.3 is 19.9 Å². The largest absolute Gasteiger partial charge is 0.481 e. The van der Waals surface area contributed by atoms with Crippen LogP contribution in [0.25, 0.3) is 0 Å². The highest BCUT2D eigenvalue weighted by Gasteiger charge is 2.16. The quantitative estimate of drug-likeness (QED) is 0.707. The van der Waals surface area contributed by atoms with Crippen LogP contribution in [0.4, 0.5) is 5.69 Å². The maximum absolute atomic E-state index is 12.4. The Kier molecular flexibility index (Phi) is 7.78. The van der Waals surface area contributed by atoms with E-state index in [0.29, 0.717) is 15.8 Å². The molecule has 0 aromatic heterocycles. The van der Waals surface area contributed by atoms with Crippen molar-refractivity contribution in [1.82, 2.24) is 9.80 Å². The number of benzene rings is 2. The fourth-order valence-corrected chi connectivity index (χ4v) is 3.72. The van der Waals surface area contributed by atoms with Crippen molar-refractivity contribution in [2.75, 3.05) is 45.1 Å². The number of rotatable bonds is 7. The van der Waals surface area contributed by atoms with Crippen molar-refractivity contribution in [1.29, 1.82) is 0 Å². The van der Waals surface area contributed by atoms with E-state index in [9.17, 15) is 4.79 Å². The monoisotopic (exact) mass is 435 g/mol. The highest BCUT2D eigenvalue weighted by atomic mass is 35.5. The Morgan fingerprint density at radius 3 is 2.31 bits per heavy atom. The summed E-state index contributed by atoms with van der Waals surface area (Å²) in [6, 6.07) is 12.9. The second-order valence-corrected chi connectivity index (χ2v) is 8.32. The van der Waals surface area contributed by atoms with Crippen molar-refractivity contribution in [2.24, 2.45) is 0 Å². The molecule has 1 heterocycles. The predicted molar refractivity (Wildman–Crippen MR) is 119 cm³/mol. The SMILES string of the molecule is CC(Oc1cc(Cl)cc(Cl)c1)C(=O)Nc1ccc(CCN2CCN(C)CC2)cc1. The molecule has 29 heavy (non-hydrogen) atoms. The van der Waals surface area contributed by atoms with Gasteiger partial charge in [0.1, 0.15) is 5.75 Å². The number of carbonyl (C=O) groups excluding carboxylic acids is 1. The molecule has 1 fully saturated rings. The molecule has 1 saturated heterocycles. The summed E-state index contributed by atoms with van der Waals surface area (Å²) in [5, 5.41) is 3.81. The minimum Gasteiger partial charge on any atom is -0.481 e. The minimum absolute atomic E-state index is 0.230. The number of carbonyl (C=O) groups is 1. The van der Waals surface area contributed by atoms with Crippen LogP contribution in [-0.4, -0.2) is 61.6 Å². The summed E-state index contributed by atoms with van der Waals surface area (Å²) in [5.41, 5.74) is 2.01. The van der Waals surface area contributed by atoms with Crippen LogP contribution >= 0.6 is 23.2 Å². The van der Waals surface area contributed by atoms with Gasteiger partial charge in [0.2, 0.25) is 0 Å². The number of likely N-dealkylation sites (N-methyl/N-ethyl adjacent to an activating group) is 1. The second-order valence-electron chi connectivity index (χ2n) is 7.45. The molecule has 0 radical (unpaired) electrons. The van der Waals surface area contributed by atoms with E-state index in [-0.39, 0.29) is 5.91 Å². The number of nitrogens with one attached hydrogen (secondary N) is 1. The number of amides is 1. The molecule has 2 aromatic carbocycles. The van der Waals surface area contributed by atoms with Crippen LogP contribution in [0.2, 0.25) is 10.0 Å². The Balaban J connectivity index is 1.47. The molecule has 1 amide bonds. The molecular formula is C22H27Cl2N3O2. The number of ether oxygens (including phenoxy) is 1. The zero-order valence-corrected chi connectivity index (χ0v) is 18.3. The van der Waals surface area contributed by atoms with Crippen molar-refractivity contribution in [2.45, 2.75) is 19.4 Å². The lowest BCUT2D eigenvalue weighted by Gasteiger charge is -2.32. The smallest absolute Gasteiger partial charge is 0.265 e. The zero-order chi connectivity index (χ0) is 20.8. The lowest BCUT2D eigenvalue weighted by atomic mass is 10.1. The Bertz CT molecular complexity index is 801. The standard InChI is InChI=1S/C22H27Cl2N3O2/c1-16(29-21-14-18(23)13-19(24)15-21)22(28)25-20-5-3-17(4-6-20)7-8-27-11-9-26(2)10-12-27/h3-6,13-16H,7-12H2,1-2H3,(H,25,28). The molecule has 0 spiro atoms. The normalized spacial score (nSPS) is 16.4. The molecule has 1 atom stereocenters. The van der Waals surface area contributed by atoms with Gasteiger partial charge in [-0.25, -0.2) is 0 Å². The lowest BCUT2D eigenvalue weighted by molar-refractivity contribution is -0.122. The van der Waals surface area contributed by atoms with Gasteiger partial charge in [-0.05, 0) is 56.3 Å². The van der Waals surface area contributed by atoms with Crippen molar-refractivity contribution >= 4 is 34.8 Å². The maximum atomic E-state index is 12.4. The highest BCUT2D eigenvalue weighted by molar-refractivity contribution is 6.34. The summed E-state index contributed by atoms with van der Waals surface area (Å²) in [6.45, 7) is 7.27. The van der Waals surface area contributed by atoms with Gasteiger partial charge in [-0.2, -0.15) is 0 Å². The summed E-state index contributed by atoms with van der Waals surface area (Å²) in [5.74, 6) is 0.232. The van der Waals surface area contributed by atoms with Gasteiger partial charge in [0.05, 0.1) is 0 Å². The van der Waals surface area contributed by atoms with Crippen LogP contribution in [0.1, 0.15) is 12.5 Å². The molecular weight excluding hydrogens is 409 g/mol. The van der Waals surface area contributed by atoms with E-state index in [1.807, 2.05) is 12.1 Å². The van der Waals surface area contributed by atoms with Crippen molar-refractivity contribution in [3.8, 4) is 5.75 Å². The Morgan fingerprint density at radius 2 is 1.69 bits per heavy atom. The third-order valence-corrected chi connectivity index (χ3v) is 5.49. The molecule has 0 bridgehead atoms. The highest BCUT2D eigenvalue weighted by Crippen LogP contribution is 2.25. The van der Waals surface area contributed by atoms with Gasteiger partial charge >= 0.3 is 0 Å². The van der Waals surface area contributed by atoms with Crippen LogP contribution in [0.5, 0.6) is 5.75 Å². The molecule has 1 unspecified atom stereocenters. The van der Waals surface area contributed by atoms with Crippen molar-refractivity contribution < 1.29 is 9.53 Å². The van der Waals surface area contributed by atoms with E-state index in [0.717, 1.165) is 44.8 Å². The van der Waals surface area contributed by atoms with E-state index in [1.165, 1.54) is 5.56 Å². The first-order valence-electron chi connectivity index (χ1n) is 9.82. The van der Waals surface area contributed by atoms with Crippen LogP contribution in [0.3, 0.4) is 0 Å². The molecule has 1 aliphatic rings. The Morgan fingerprint density at radius 1 is 1.07 bits per heavy atom. The average Bonchev–Trinajstić information content (AvgIpc) is 2.68. The van der Waals surface area contributed by atoms with Crippen molar-refractivity contribution in [3.05, 3.63) is 58.1 Å². The van der Waals surface area contributed by atoms with Crippen molar-refractivity contribution in [3.63, 3.8) is 0 Å². The van der Waals surface area contributed by atoms with E-state index >= 15 is 0 Å². The van der Waals surface area contributed by atoms with Crippen LogP contribution in [0.15, 0.2) is 42.5 Å². The number of halogens is 2. The zero-order valence-electron chi connectivity index (χ0n) is 16.8. The van der Waals surface area contributed by atoms with Gasteiger partial charge in [0.25, 0.3) is 5.91 Å². The Hall–Kier alpha value is -1.79. The van der Waals surface area contributed by atoms with E-state index in [1.54, 1.807) is 25.1 Å². The summed E-state index contributed by atoms with van der Waals surface area (Å²) in [6.07, 6.45) is 0.328. The molecule has 0 aliphatic carbocycles. The Labute approximate surface area is 182 Å². The second kappa shape index (κ2) is 10.3. The number of nitrogens with zero attached hydrogens (tertiary/aromatic N) is 2. The van der Waals surface area contributed by atoms with Crippen LogP contribution in [0, 0.1) is 0 Å². The summed E-state index contributed by atoms with van der Waals surface area (Å²) in [4.78, 5) is 17.3. The molecule has 3 rings (SSSR count). The van der Waals surface area contributed by atoms with Gasteiger partial charge in [-0.1, -0.05) is 35.3 Å². The molecule has 0 saturated carbocycles. The fraction of sp³-hybridized carbons (Fsp3) is 0.409. The maximum Gasteiger partial charge on any atom is 0.265 e. The number of hydrogen-bond acceptors (Lipinski definition) is 4. The van der Waals surface area contributed by atoms with E-state index in [2.05, 4.69) is 34.3 Å². The lowest BCUT2D eigenvalue weighted by Crippen LogP contribution is -2.45. The van der Waals surface area contributed by atoms with E-state index in [4.69, 9.17) is 27.9 Å². The molecule has 1 N–H and O–H groups in total. The minimum atomic E-state index is -0.679. The van der Waals surface area contributed by atoms with E-state index < -0.39 is 6.10 Å². The predicted octanol–water partition coefficient (Wildman–Crippen LogP) is 4.19. The first kappa shape index (κ1) is 21.9. The average molecular weight is 436 g/mol. The topological polar surface area (TPSA) is 44.8 Å². The molecule has 5 nitrogen and oxygen atoms in total. The summed E-state index contributed by atoms with van der Waals surface area (Å²) >= 11 is 11.9. The third-order valence-electron chi connectivity index (χ3n) is 5.05. The van der Waals surface area contributed by atoms with Gasteiger partial charge in [0, 0.05) is 48.5 Å². The first-order chi connectivity index (χ1) is 13.9. The number of anilines is 1. The summed E-state index contributed by atoms with van der Waals surface area (Å²) < 4.78 is 5.66. The summed E-state index contributed by atoms with van der Waals surface area (Å²) in [7, 11) is 2.17. The van der Waals surface area contributed by atoms with Gasteiger partial charge in [-0.3, -0.25) is 4.79 Å². The molecule has 2 aromatic rings. The molecule has 7 heteroatoms. The van der Waals surface area contributed by atoms with Gasteiger partial charge in [0.15, 0.2) is 6.10 Å². The molecule has 156 valence electrons. The third kappa shape index (κ3) is 6.89.